The van der Waals surface area contributed by atoms with Gasteiger partial charge in [-0.05, 0) is 26.7 Å². The van der Waals surface area contributed by atoms with Crippen LogP contribution in [-0.2, 0) is 13.1 Å². The summed E-state index contributed by atoms with van der Waals surface area (Å²) in [5.41, 5.74) is 0.863. The van der Waals surface area contributed by atoms with E-state index in [9.17, 15) is 9.59 Å². The first kappa shape index (κ1) is 12.8. The molecule has 3 rings (SSSR count). The van der Waals surface area contributed by atoms with Crippen LogP contribution in [0.3, 0.4) is 0 Å². The first-order chi connectivity index (χ1) is 9.60. The molecule has 2 heterocycles. The van der Waals surface area contributed by atoms with Crippen molar-refractivity contribution in [3.05, 3.63) is 44.5 Å². The zero-order valence-electron chi connectivity index (χ0n) is 11.6. The normalized spacial score (nSPS) is 14.7. The van der Waals surface area contributed by atoms with E-state index in [0.29, 0.717) is 12.2 Å². The summed E-state index contributed by atoms with van der Waals surface area (Å²) in [6.07, 6.45) is 3.60. The van der Waals surface area contributed by atoms with Crippen LogP contribution in [0.15, 0.2) is 21.9 Å². The Morgan fingerprint density at radius 1 is 1.30 bits per heavy atom. The molecular formula is C13H17N5O2. The Bertz CT molecular complexity index is 751. The van der Waals surface area contributed by atoms with Gasteiger partial charge in [0.2, 0.25) is 0 Å². The lowest BCUT2D eigenvalue weighted by molar-refractivity contribution is 0.548. The van der Waals surface area contributed by atoms with Gasteiger partial charge in [-0.1, -0.05) is 0 Å². The van der Waals surface area contributed by atoms with Crippen LogP contribution in [-0.4, -0.2) is 24.1 Å². The minimum absolute atomic E-state index is 0.178. The minimum Gasteiger partial charge on any atom is -0.297 e. The standard InChI is InChI=1S/C13H17N5O2/c1-3-18-14-9(2)11(15-18)8-17-12(19)6-7-16(13(17)20)10-4-5-10/h6-7,10H,3-5,8H2,1-2H3. The van der Waals surface area contributed by atoms with Crippen molar-refractivity contribution < 1.29 is 0 Å². The Labute approximate surface area is 115 Å². The van der Waals surface area contributed by atoms with E-state index in [2.05, 4.69) is 10.2 Å². The molecule has 1 aliphatic rings. The van der Waals surface area contributed by atoms with Gasteiger partial charge in [-0.15, -0.1) is 0 Å². The first-order valence-corrected chi connectivity index (χ1v) is 6.82. The van der Waals surface area contributed by atoms with Gasteiger partial charge < -0.3 is 0 Å². The molecule has 20 heavy (non-hydrogen) atoms. The number of hydrogen-bond acceptors (Lipinski definition) is 4. The molecule has 0 aromatic carbocycles. The van der Waals surface area contributed by atoms with E-state index in [1.165, 1.54) is 10.6 Å². The second-order valence-corrected chi connectivity index (χ2v) is 5.08. The van der Waals surface area contributed by atoms with Crippen molar-refractivity contribution in [1.29, 1.82) is 0 Å². The quantitative estimate of drug-likeness (QED) is 0.805. The second-order valence-electron chi connectivity index (χ2n) is 5.08. The van der Waals surface area contributed by atoms with E-state index in [4.69, 9.17) is 0 Å². The molecule has 0 spiro atoms. The SMILES string of the molecule is CCn1nc(C)c(Cn2c(=O)ccn(C3CC3)c2=O)n1. The zero-order valence-corrected chi connectivity index (χ0v) is 11.6. The van der Waals surface area contributed by atoms with Crippen LogP contribution in [0.2, 0.25) is 0 Å². The summed E-state index contributed by atoms with van der Waals surface area (Å²) in [5, 5.41) is 8.53. The highest BCUT2D eigenvalue weighted by molar-refractivity contribution is 5.07. The van der Waals surface area contributed by atoms with Crippen LogP contribution < -0.4 is 11.2 Å². The van der Waals surface area contributed by atoms with Gasteiger partial charge in [0.25, 0.3) is 5.56 Å². The molecule has 0 bridgehead atoms. The molecule has 1 saturated carbocycles. The topological polar surface area (TPSA) is 74.7 Å². The van der Waals surface area contributed by atoms with Crippen molar-refractivity contribution in [2.24, 2.45) is 0 Å². The molecule has 0 atom stereocenters. The summed E-state index contributed by atoms with van der Waals surface area (Å²) in [5.74, 6) is 0. The molecule has 0 unspecified atom stereocenters. The molecule has 2 aromatic rings. The van der Waals surface area contributed by atoms with Crippen LogP contribution in [0.5, 0.6) is 0 Å². The maximum atomic E-state index is 12.3. The Morgan fingerprint density at radius 3 is 2.65 bits per heavy atom. The van der Waals surface area contributed by atoms with Crippen LogP contribution in [0.1, 0.15) is 37.2 Å². The van der Waals surface area contributed by atoms with E-state index >= 15 is 0 Å². The molecule has 0 amide bonds. The van der Waals surface area contributed by atoms with E-state index in [1.54, 1.807) is 15.6 Å². The van der Waals surface area contributed by atoms with Crippen LogP contribution in [0, 0.1) is 6.92 Å². The Kier molecular flexibility index (Phi) is 3.04. The van der Waals surface area contributed by atoms with Crippen molar-refractivity contribution in [2.45, 2.75) is 45.8 Å². The lowest BCUT2D eigenvalue weighted by Gasteiger charge is -2.07. The van der Waals surface area contributed by atoms with Crippen LogP contribution in [0.25, 0.3) is 0 Å². The lowest BCUT2D eigenvalue weighted by Crippen LogP contribution is -2.39. The fourth-order valence-corrected chi connectivity index (χ4v) is 2.21. The predicted octanol–water partition coefficient (Wildman–Crippen LogP) is 0.313. The fourth-order valence-electron chi connectivity index (χ4n) is 2.21. The number of aromatic nitrogens is 5. The number of aryl methyl sites for hydroxylation is 2. The summed E-state index contributed by atoms with van der Waals surface area (Å²) < 4.78 is 2.87. The highest BCUT2D eigenvalue weighted by Gasteiger charge is 2.25. The molecule has 0 aliphatic heterocycles. The molecule has 7 heteroatoms. The van der Waals surface area contributed by atoms with Gasteiger partial charge in [0.05, 0.1) is 18.8 Å². The summed E-state index contributed by atoms with van der Waals surface area (Å²) in [6, 6.07) is 1.70. The average Bonchev–Trinajstić information content (AvgIpc) is 3.19. The van der Waals surface area contributed by atoms with E-state index in [0.717, 1.165) is 18.5 Å². The third-order valence-corrected chi connectivity index (χ3v) is 3.55. The van der Waals surface area contributed by atoms with Gasteiger partial charge in [-0.3, -0.25) is 13.9 Å². The number of nitrogens with zero attached hydrogens (tertiary/aromatic N) is 5. The van der Waals surface area contributed by atoms with E-state index in [1.807, 2.05) is 13.8 Å². The number of hydrogen-bond donors (Lipinski definition) is 0. The third kappa shape index (κ3) is 2.19. The zero-order chi connectivity index (χ0) is 14.3. The second kappa shape index (κ2) is 4.73. The third-order valence-electron chi connectivity index (χ3n) is 3.55. The molecule has 1 fully saturated rings. The Morgan fingerprint density at radius 2 is 2.05 bits per heavy atom. The summed E-state index contributed by atoms with van der Waals surface area (Å²) in [7, 11) is 0. The van der Waals surface area contributed by atoms with Gasteiger partial charge in [-0.2, -0.15) is 15.0 Å². The smallest absolute Gasteiger partial charge is 0.297 e. The monoisotopic (exact) mass is 275 g/mol. The summed E-state index contributed by atoms with van der Waals surface area (Å²) in [6.45, 7) is 4.62. The summed E-state index contributed by atoms with van der Waals surface area (Å²) >= 11 is 0. The van der Waals surface area contributed by atoms with E-state index < -0.39 is 0 Å². The van der Waals surface area contributed by atoms with Crippen molar-refractivity contribution in [1.82, 2.24) is 24.1 Å². The summed E-state index contributed by atoms with van der Waals surface area (Å²) in [4.78, 5) is 25.8. The predicted molar refractivity (Wildman–Crippen MR) is 72.8 cm³/mol. The molecule has 0 saturated heterocycles. The maximum Gasteiger partial charge on any atom is 0.331 e. The Balaban J connectivity index is 2.01. The van der Waals surface area contributed by atoms with Gasteiger partial charge in [0, 0.05) is 18.3 Å². The maximum absolute atomic E-state index is 12.3. The van der Waals surface area contributed by atoms with Crippen molar-refractivity contribution in [2.75, 3.05) is 0 Å². The van der Waals surface area contributed by atoms with E-state index in [-0.39, 0.29) is 23.8 Å². The van der Waals surface area contributed by atoms with Crippen LogP contribution in [0.4, 0.5) is 0 Å². The van der Waals surface area contributed by atoms with Gasteiger partial charge in [0.1, 0.15) is 5.69 Å². The molecule has 7 nitrogen and oxygen atoms in total. The first-order valence-electron chi connectivity index (χ1n) is 6.82. The van der Waals surface area contributed by atoms with Crippen LogP contribution >= 0.6 is 0 Å². The largest absolute Gasteiger partial charge is 0.331 e. The van der Waals surface area contributed by atoms with Gasteiger partial charge in [-0.25, -0.2) is 4.79 Å². The van der Waals surface area contributed by atoms with Crippen molar-refractivity contribution >= 4 is 0 Å². The number of rotatable bonds is 4. The molecular weight excluding hydrogens is 258 g/mol. The fraction of sp³-hybridized carbons (Fsp3) is 0.538. The van der Waals surface area contributed by atoms with Gasteiger partial charge >= 0.3 is 5.69 Å². The average molecular weight is 275 g/mol. The van der Waals surface area contributed by atoms with Gasteiger partial charge in [0.15, 0.2) is 0 Å². The molecule has 106 valence electrons. The molecule has 1 aliphatic carbocycles. The minimum atomic E-state index is -0.294. The molecule has 0 radical (unpaired) electrons. The van der Waals surface area contributed by atoms with Crippen molar-refractivity contribution in [3.63, 3.8) is 0 Å². The highest BCUT2D eigenvalue weighted by Crippen LogP contribution is 2.32. The van der Waals surface area contributed by atoms with Crippen molar-refractivity contribution in [3.8, 4) is 0 Å². The molecule has 0 N–H and O–H groups in total. The highest BCUT2D eigenvalue weighted by atomic mass is 16.2. The molecule has 2 aromatic heterocycles. The lowest BCUT2D eigenvalue weighted by atomic mass is 10.3. The Hall–Kier alpha value is -2.18.